The standard InChI is InChI=1S/C18H35N3O2/c19-17(22)14-10-5-3-1-2-4-6-11-15-20-18(23)21-16-12-8-7-9-13-16/h16H,1-15H2,(H2,19,22)(H2,20,21,23). The van der Waals surface area contributed by atoms with Crippen LogP contribution < -0.4 is 16.4 Å². The first-order valence-corrected chi connectivity index (χ1v) is 9.51. The van der Waals surface area contributed by atoms with Crippen LogP contribution in [0.15, 0.2) is 0 Å². The molecule has 5 nitrogen and oxygen atoms in total. The average Bonchev–Trinajstić information content (AvgIpc) is 2.53. The minimum atomic E-state index is -0.190. The number of urea groups is 1. The van der Waals surface area contributed by atoms with Gasteiger partial charge >= 0.3 is 6.03 Å². The Bertz CT molecular complexity index is 328. The fourth-order valence-corrected chi connectivity index (χ4v) is 3.17. The molecule has 0 aromatic rings. The molecule has 134 valence electrons. The third kappa shape index (κ3) is 11.9. The van der Waals surface area contributed by atoms with Gasteiger partial charge in [-0.1, -0.05) is 57.8 Å². The number of hydrogen-bond donors (Lipinski definition) is 3. The molecule has 1 aliphatic carbocycles. The maximum Gasteiger partial charge on any atom is 0.315 e. The van der Waals surface area contributed by atoms with Gasteiger partial charge in [-0.25, -0.2) is 4.79 Å². The molecule has 1 fully saturated rings. The minimum absolute atomic E-state index is 0.00588. The van der Waals surface area contributed by atoms with E-state index in [1.807, 2.05) is 0 Å². The van der Waals surface area contributed by atoms with Gasteiger partial charge < -0.3 is 16.4 Å². The Balaban J connectivity index is 1.80. The van der Waals surface area contributed by atoms with Crippen molar-refractivity contribution in [1.29, 1.82) is 0 Å². The molecule has 1 aliphatic rings. The SMILES string of the molecule is NC(=O)CCCCCCCCCCNC(=O)NC1CCCCC1. The molecule has 0 aromatic heterocycles. The second-order valence-electron chi connectivity index (χ2n) is 6.78. The number of nitrogens with one attached hydrogen (secondary N) is 2. The number of carbonyl (C=O) groups excluding carboxylic acids is 2. The average molecular weight is 325 g/mol. The second-order valence-corrected chi connectivity index (χ2v) is 6.78. The summed E-state index contributed by atoms with van der Waals surface area (Å²) in [6.07, 6.45) is 15.7. The predicted octanol–water partition coefficient (Wildman–Crippen LogP) is 3.61. The third-order valence-electron chi connectivity index (χ3n) is 4.58. The van der Waals surface area contributed by atoms with Crippen LogP contribution in [0.1, 0.15) is 89.9 Å². The van der Waals surface area contributed by atoms with Gasteiger partial charge in [-0.2, -0.15) is 0 Å². The molecule has 5 heteroatoms. The number of amides is 3. The number of unbranched alkanes of at least 4 members (excludes halogenated alkanes) is 7. The molecule has 0 radical (unpaired) electrons. The van der Waals surface area contributed by atoms with E-state index in [0.717, 1.165) is 38.6 Å². The molecule has 0 unspecified atom stereocenters. The summed E-state index contributed by atoms with van der Waals surface area (Å²) in [5, 5.41) is 6.04. The van der Waals surface area contributed by atoms with Crippen molar-refractivity contribution in [3.05, 3.63) is 0 Å². The molecule has 0 heterocycles. The van der Waals surface area contributed by atoms with Crippen molar-refractivity contribution in [1.82, 2.24) is 10.6 Å². The summed E-state index contributed by atoms with van der Waals surface area (Å²) in [7, 11) is 0. The fourth-order valence-electron chi connectivity index (χ4n) is 3.17. The highest BCUT2D eigenvalue weighted by molar-refractivity contribution is 5.74. The molecule has 0 aliphatic heterocycles. The lowest BCUT2D eigenvalue weighted by atomic mass is 9.96. The Labute approximate surface area is 141 Å². The van der Waals surface area contributed by atoms with Gasteiger partial charge in [0.1, 0.15) is 0 Å². The summed E-state index contributed by atoms with van der Waals surface area (Å²) in [5.74, 6) is -0.190. The number of carbonyl (C=O) groups is 2. The Morgan fingerprint density at radius 3 is 2.00 bits per heavy atom. The topological polar surface area (TPSA) is 84.2 Å². The number of rotatable bonds is 12. The van der Waals surface area contributed by atoms with Crippen LogP contribution in [0.25, 0.3) is 0 Å². The Morgan fingerprint density at radius 1 is 0.826 bits per heavy atom. The molecular weight excluding hydrogens is 290 g/mol. The molecule has 0 atom stereocenters. The van der Waals surface area contributed by atoms with Crippen LogP contribution in [0.5, 0.6) is 0 Å². The molecule has 0 aromatic carbocycles. The molecule has 23 heavy (non-hydrogen) atoms. The smallest absolute Gasteiger partial charge is 0.315 e. The third-order valence-corrected chi connectivity index (χ3v) is 4.58. The summed E-state index contributed by atoms with van der Waals surface area (Å²) in [6.45, 7) is 0.775. The van der Waals surface area contributed by atoms with Crippen LogP contribution in [0.2, 0.25) is 0 Å². The lowest BCUT2D eigenvalue weighted by Gasteiger charge is -2.22. The summed E-state index contributed by atoms with van der Waals surface area (Å²) in [5.41, 5.74) is 5.10. The van der Waals surface area contributed by atoms with Gasteiger partial charge in [-0.3, -0.25) is 4.79 Å². The van der Waals surface area contributed by atoms with E-state index < -0.39 is 0 Å². The van der Waals surface area contributed by atoms with Crippen LogP contribution in [0.3, 0.4) is 0 Å². The van der Waals surface area contributed by atoms with Crippen molar-refractivity contribution in [2.24, 2.45) is 5.73 Å². The molecule has 0 bridgehead atoms. The first-order chi connectivity index (χ1) is 11.2. The Kier molecular flexibility index (Phi) is 11.4. The van der Waals surface area contributed by atoms with Crippen molar-refractivity contribution in [3.8, 4) is 0 Å². The van der Waals surface area contributed by atoms with Gasteiger partial charge in [0.25, 0.3) is 0 Å². The van der Waals surface area contributed by atoms with Crippen LogP contribution in [0, 0.1) is 0 Å². The van der Waals surface area contributed by atoms with Crippen LogP contribution in [0.4, 0.5) is 4.79 Å². The number of hydrogen-bond acceptors (Lipinski definition) is 2. The molecule has 1 saturated carbocycles. The molecule has 0 saturated heterocycles. The highest BCUT2D eigenvalue weighted by Crippen LogP contribution is 2.17. The fraction of sp³-hybridized carbons (Fsp3) is 0.889. The second kappa shape index (κ2) is 13.2. The first-order valence-electron chi connectivity index (χ1n) is 9.51. The van der Waals surface area contributed by atoms with Crippen molar-refractivity contribution in [3.63, 3.8) is 0 Å². The first kappa shape index (κ1) is 19.8. The van der Waals surface area contributed by atoms with E-state index in [0.29, 0.717) is 12.5 Å². The predicted molar refractivity (Wildman–Crippen MR) is 94.2 cm³/mol. The molecule has 3 amide bonds. The van der Waals surface area contributed by atoms with Gasteiger partial charge in [0.15, 0.2) is 0 Å². The zero-order chi connectivity index (χ0) is 16.8. The van der Waals surface area contributed by atoms with E-state index in [4.69, 9.17) is 5.73 Å². The van der Waals surface area contributed by atoms with Gasteiger partial charge in [0, 0.05) is 19.0 Å². The number of primary amides is 1. The maximum atomic E-state index is 11.7. The van der Waals surface area contributed by atoms with Gasteiger partial charge in [0.05, 0.1) is 0 Å². The van der Waals surface area contributed by atoms with Crippen molar-refractivity contribution < 1.29 is 9.59 Å². The largest absolute Gasteiger partial charge is 0.370 e. The zero-order valence-electron chi connectivity index (χ0n) is 14.6. The molecule has 1 rings (SSSR count). The van der Waals surface area contributed by atoms with Crippen LogP contribution in [-0.2, 0) is 4.79 Å². The van der Waals surface area contributed by atoms with Crippen molar-refractivity contribution in [2.45, 2.75) is 95.9 Å². The normalized spacial score (nSPS) is 15.3. The highest BCUT2D eigenvalue weighted by Gasteiger charge is 2.14. The minimum Gasteiger partial charge on any atom is -0.370 e. The molecular formula is C18H35N3O2. The Hall–Kier alpha value is -1.26. The summed E-state index contributed by atoms with van der Waals surface area (Å²) >= 11 is 0. The lowest BCUT2D eigenvalue weighted by molar-refractivity contribution is -0.118. The van der Waals surface area contributed by atoms with Crippen LogP contribution in [-0.4, -0.2) is 24.5 Å². The van der Waals surface area contributed by atoms with Crippen LogP contribution >= 0.6 is 0 Å². The Morgan fingerprint density at radius 2 is 1.39 bits per heavy atom. The zero-order valence-corrected chi connectivity index (χ0v) is 14.6. The van der Waals surface area contributed by atoms with Crippen molar-refractivity contribution >= 4 is 11.9 Å². The van der Waals surface area contributed by atoms with E-state index in [1.54, 1.807) is 0 Å². The van der Waals surface area contributed by atoms with Gasteiger partial charge in [-0.05, 0) is 25.7 Å². The lowest BCUT2D eigenvalue weighted by Crippen LogP contribution is -2.43. The summed E-state index contributed by atoms with van der Waals surface area (Å²) in [4.78, 5) is 22.3. The summed E-state index contributed by atoms with van der Waals surface area (Å²) in [6, 6.07) is 0.393. The van der Waals surface area contributed by atoms with Gasteiger partial charge in [0.2, 0.25) is 5.91 Å². The summed E-state index contributed by atoms with van der Waals surface area (Å²) < 4.78 is 0. The van der Waals surface area contributed by atoms with Crippen molar-refractivity contribution in [2.75, 3.05) is 6.54 Å². The van der Waals surface area contributed by atoms with E-state index in [2.05, 4.69) is 10.6 Å². The maximum absolute atomic E-state index is 11.7. The number of nitrogens with two attached hydrogens (primary N) is 1. The molecule has 0 spiro atoms. The monoisotopic (exact) mass is 325 g/mol. The quantitative estimate of drug-likeness (QED) is 0.479. The van der Waals surface area contributed by atoms with Gasteiger partial charge in [-0.15, -0.1) is 0 Å². The van der Waals surface area contributed by atoms with E-state index in [1.165, 1.54) is 51.4 Å². The molecule has 4 N–H and O–H groups in total. The van der Waals surface area contributed by atoms with E-state index >= 15 is 0 Å². The van der Waals surface area contributed by atoms with E-state index in [9.17, 15) is 9.59 Å². The highest BCUT2D eigenvalue weighted by atomic mass is 16.2. The van der Waals surface area contributed by atoms with E-state index in [-0.39, 0.29) is 11.9 Å².